The molecule has 122 valence electrons. The van der Waals surface area contributed by atoms with Crippen LogP contribution >= 0.6 is 0 Å². The van der Waals surface area contributed by atoms with Crippen LogP contribution in [0.2, 0.25) is 0 Å². The molecule has 0 spiro atoms. The Bertz CT molecular complexity index is 619. The Morgan fingerprint density at radius 3 is 2.68 bits per heavy atom. The molecule has 6 nitrogen and oxygen atoms in total. The summed E-state index contributed by atoms with van der Waals surface area (Å²) in [6.07, 6.45) is -2.82. The van der Waals surface area contributed by atoms with E-state index in [0.29, 0.717) is 18.2 Å². The Kier molecular flexibility index (Phi) is 4.84. The van der Waals surface area contributed by atoms with Gasteiger partial charge in [-0.05, 0) is 12.3 Å². The zero-order chi connectivity index (χ0) is 16.3. The SMILES string of the molecule is CC(C)Cc1nc(Cn2cc(CCO)c(C(F)(F)F)n2)no1. The van der Waals surface area contributed by atoms with Crippen LogP contribution in [-0.2, 0) is 25.6 Å². The lowest BCUT2D eigenvalue weighted by molar-refractivity contribution is -0.142. The highest BCUT2D eigenvalue weighted by molar-refractivity contribution is 5.20. The summed E-state index contributed by atoms with van der Waals surface area (Å²) in [6, 6.07) is 0. The molecule has 2 aromatic rings. The predicted octanol–water partition coefficient (Wildman–Crippen LogP) is 2.07. The third-order valence-corrected chi connectivity index (χ3v) is 2.88. The molecule has 0 atom stereocenters. The van der Waals surface area contributed by atoms with Crippen LogP contribution in [0.3, 0.4) is 0 Å². The number of halogens is 3. The minimum Gasteiger partial charge on any atom is -0.396 e. The van der Waals surface area contributed by atoms with Crippen LogP contribution in [0.15, 0.2) is 10.7 Å². The van der Waals surface area contributed by atoms with Gasteiger partial charge in [0.1, 0.15) is 6.54 Å². The molecule has 22 heavy (non-hydrogen) atoms. The highest BCUT2D eigenvalue weighted by Crippen LogP contribution is 2.31. The largest absolute Gasteiger partial charge is 0.435 e. The van der Waals surface area contributed by atoms with Crippen LogP contribution < -0.4 is 0 Å². The fraction of sp³-hybridized carbons (Fsp3) is 0.615. The molecule has 0 bridgehead atoms. The molecular weight excluding hydrogens is 301 g/mol. The van der Waals surface area contributed by atoms with E-state index in [9.17, 15) is 13.2 Å². The lowest BCUT2D eigenvalue weighted by Crippen LogP contribution is -2.11. The van der Waals surface area contributed by atoms with Gasteiger partial charge in [-0.2, -0.15) is 23.3 Å². The average molecular weight is 318 g/mol. The van der Waals surface area contributed by atoms with Gasteiger partial charge in [-0.25, -0.2) is 0 Å². The van der Waals surface area contributed by atoms with Gasteiger partial charge in [0, 0.05) is 24.8 Å². The van der Waals surface area contributed by atoms with E-state index in [4.69, 9.17) is 9.63 Å². The van der Waals surface area contributed by atoms with Crippen LogP contribution in [0.1, 0.15) is 36.8 Å². The van der Waals surface area contributed by atoms with Gasteiger partial charge in [-0.1, -0.05) is 19.0 Å². The Morgan fingerprint density at radius 2 is 2.09 bits per heavy atom. The van der Waals surface area contributed by atoms with Crippen LogP contribution in [0, 0.1) is 5.92 Å². The molecule has 2 rings (SSSR count). The number of nitrogens with zero attached hydrogens (tertiary/aromatic N) is 4. The van der Waals surface area contributed by atoms with Gasteiger partial charge in [-0.3, -0.25) is 4.68 Å². The summed E-state index contributed by atoms with van der Waals surface area (Å²) in [6.45, 7) is 3.59. The lowest BCUT2D eigenvalue weighted by Gasteiger charge is -2.04. The standard InChI is InChI=1S/C13H17F3N4O2/c1-8(2)5-11-17-10(19-22-11)7-20-6-9(3-4-21)12(18-20)13(14,15)16/h6,8,21H,3-5,7H2,1-2H3. The van der Waals surface area contributed by atoms with Crippen molar-refractivity contribution in [3.05, 3.63) is 29.2 Å². The Balaban J connectivity index is 2.17. The Hall–Kier alpha value is -1.90. The van der Waals surface area contributed by atoms with Crippen molar-refractivity contribution in [2.24, 2.45) is 5.92 Å². The van der Waals surface area contributed by atoms with Gasteiger partial charge in [0.05, 0.1) is 0 Å². The third kappa shape index (κ3) is 4.06. The van der Waals surface area contributed by atoms with E-state index in [2.05, 4.69) is 15.2 Å². The van der Waals surface area contributed by atoms with Crippen LogP contribution in [0.5, 0.6) is 0 Å². The summed E-state index contributed by atoms with van der Waals surface area (Å²) < 4.78 is 44.7. The van der Waals surface area contributed by atoms with E-state index < -0.39 is 11.9 Å². The van der Waals surface area contributed by atoms with Gasteiger partial charge in [0.15, 0.2) is 11.5 Å². The molecule has 2 aromatic heterocycles. The molecule has 0 aliphatic carbocycles. The second-order valence-corrected chi connectivity index (χ2v) is 5.37. The first-order valence-corrected chi connectivity index (χ1v) is 6.85. The van der Waals surface area contributed by atoms with Crippen LogP contribution in [0.4, 0.5) is 13.2 Å². The van der Waals surface area contributed by atoms with Gasteiger partial charge >= 0.3 is 6.18 Å². The van der Waals surface area contributed by atoms with Crippen molar-refractivity contribution in [3.8, 4) is 0 Å². The lowest BCUT2D eigenvalue weighted by atomic mass is 10.1. The minimum absolute atomic E-state index is 0.0178. The Labute approximate surface area is 124 Å². The molecule has 0 amide bonds. The van der Waals surface area contributed by atoms with Crippen molar-refractivity contribution in [3.63, 3.8) is 0 Å². The third-order valence-electron chi connectivity index (χ3n) is 2.88. The van der Waals surface area contributed by atoms with E-state index >= 15 is 0 Å². The molecule has 0 aliphatic rings. The maximum absolute atomic E-state index is 12.9. The summed E-state index contributed by atoms with van der Waals surface area (Å²) in [5, 5.41) is 16.1. The summed E-state index contributed by atoms with van der Waals surface area (Å²) in [5.41, 5.74) is -1.05. The van der Waals surface area contributed by atoms with E-state index in [1.54, 1.807) is 0 Å². The van der Waals surface area contributed by atoms with Gasteiger partial charge < -0.3 is 9.63 Å². The number of alkyl halides is 3. The molecule has 0 unspecified atom stereocenters. The fourth-order valence-electron chi connectivity index (χ4n) is 2.02. The maximum atomic E-state index is 12.9. The highest BCUT2D eigenvalue weighted by Gasteiger charge is 2.36. The zero-order valence-electron chi connectivity index (χ0n) is 12.3. The van der Waals surface area contributed by atoms with Crippen molar-refractivity contribution in [1.82, 2.24) is 19.9 Å². The number of rotatable bonds is 6. The molecule has 0 aliphatic heterocycles. The summed E-state index contributed by atoms with van der Waals surface area (Å²) >= 11 is 0. The van der Waals surface area contributed by atoms with Crippen molar-refractivity contribution in [2.45, 2.75) is 39.4 Å². The second-order valence-electron chi connectivity index (χ2n) is 5.37. The average Bonchev–Trinajstić information content (AvgIpc) is 2.96. The van der Waals surface area contributed by atoms with E-state index in [1.165, 1.54) is 6.20 Å². The quantitative estimate of drug-likeness (QED) is 0.882. The number of aliphatic hydroxyl groups excluding tert-OH is 1. The van der Waals surface area contributed by atoms with Gasteiger partial charge in [0.25, 0.3) is 0 Å². The smallest absolute Gasteiger partial charge is 0.396 e. The van der Waals surface area contributed by atoms with E-state index in [0.717, 1.165) is 4.68 Å². The molecule has 2 heterocycles. The first kappa shape index (κ1) is 16.5. The summed E-state index contributed by atoms with van der Waals surface area (Å²) in [7, 11) is 0. The maximum Gasteiger partial charge on any atom is 0.435 e. The van der Waals surface area contributed by atoms with E-state index in [-0.39, 0.29) is 31.0 Å². The fourth-order valence-corrected chi connectivity index (χ4v) is 2.02. The number of hydrogen-bond acceptors (Lipinski definition) is 5. The van der Waals surface area contributed by atoms with Crippen LogP contribution in [-0.4, -0.2) is 31.6 Å². The molecule has 0 aromatic carbocycles. The van der Waals surface area contributed by atoms with Crippen molar-refractivity contribution >= 4 is 0 Å². The van der Waals surface area contributed by atoms with Gasteiger partial charge in [-0.15, -0.1) is 0 Å². The predicted molar refractivity (Wildman–Crippen MR) is 70.0 cm³/mol. The van der Waals surface area contributed by atoms with Crippen molar-refractivity contribution < 1.29 is 22.8 Å². The summed E-state index contributed by atoms with van der Waals surface area (Å²) in [5.74, 6) is 1.05. The number of aliphatic hydroxyl groups is 1. The molecule has 0 radical (unpaired) electrons. The van der Waals surface area contributed by atoms with Crippen molar-refractivity contribution in [2.75, 3.05) is 6.61 Å². The molecular formula is C13H17F3N4O2. The number of hydrogen-bond donors (Lipinski definition) is 1. The molecule has 0 fully saturated rings. The topological polar surface area (TPSA) is 77.0 Å². The monoisotopic (exact) mass is 318 g/mol. The Morgan fingerprint density at radius 1 is 1.36 bits per heavy atom. The van der Waals surface area contributed by atoms with Gasteiger partial charge in [0.2, 0.25) is 5.89 Å². The molecule has 1 N–H and O–H groups in total. The molecule has 0 saturated heterocycles. The minimum atomic E-state index is -4.56. The highest BCUT2D eigenvalue weighted by atomic mass is 19.4. The summed E-state index contributed by atoms with van der Waals surface area (Å²) in [4.78, 5) is 4.12. The normalized spacial score (nSPS) is 12.3. The van der Waals surface area contributed by atoms with E-state index in [1.807, 2.05) is 13.8 Å². The first-order valence-electron chi connectivity index (χ1n) is 6.85. The molecule has 9 heteroatoms. The van der Waals surface area contributed by atoms with Crippen molar-refractivity contribution in [1.29, 1.82) is 0 Å². The first-order chi connectivity index (χ1) is 10.3. The zero-order valence-corrected chi connectivity index (χ0v) is 12.3. The molecule has 0 saturated carbocycles. The number of aromatic nitrogens is 4. The van der Waals surface area contributed by atoms with Crippen LogP contribution in [0.25, 0.3) is 0 Å². The second kappa shape index (κ2) is 6.47.